The summed E-state index contributed by atoms with van der Waals surface area (Å²) in [6.07, 6.45) is -4.62. The topological polar surface area (TPSA) is 113 Å². The number of benzene rings is 1. The van der Waals surface area contributed by atoms with Gasteiger partial charge in [-0.3, -0.25) is 0 Å². The first-order chi connectivity index (χ1) is 11.4. The van der Waals surface area contributed by atoms with Crippen LogP contribution < -0.4 is 5.73 Å². The number of aromatic nitrogens is 8. The quantitative estimate of drug-likeness (QED) is 0.733. The first kappa shape index (κ1) is 16.3. The lowest BCUT2D eigenvalue weighted by molar-refractivity contribution is -0.137. The molecule has 126 valence electrons. The minimum atomic E-state index is -4.62. The first-order valence-electron chi connectivity index (χ1n) is 6.49. The molecule has 13 heteroatoms. The van der Waals surface area contributed by atoms with Crippen molar-refractivity contribution in [3.05, 3.63) is 40.4 Å². The predicted molar refractivity (Wildman–Crippen MR) is 74.0 cm³/mol. The van der Waals surface area contributed by atoms with E-state index in [1.54, 1.807) is 0 Å². The summed E-state index contributed by atoms with van der Waals surface area (Å²) in [5.74, 6) is 0.446. The molecule has 0 aliphatic heterocycles. The van der Waals surface area contributed by atoms with Gasteiger partial charge in [-0.25, -0.2) is 4.68 Å². The Labute approximate surface area is 137 Å². The average molecular weight is 360 g/mol. The van der Waals surface area contributed by atoms with Crippen LogP contribution in [0.1, 0.15) is 17.2 Å². The van der Waals surface area contributed by atoms with Crippen LogP contribution in [0.3, 0.4) is 0 Å². The number of tetrazole rings is 2. The molecule has 0 atom stereocenters. The lowest BCUT2D eigenvalue weighted by atomic mass is 10.1. The van der Waals surface area contributed by atoms with Crippen LogP contribution in [0, 0.1) is 0 Å². The molecule has 2 N–H and O–H groups in total. The van der Waals surface area contributed by atoms with E-state index in [0.717, 1.165) is 10.7 Å². The Morgan fingerprint density at radius 1 is 1.08 bits per heavy atom. The van der Waals surface area contributed by atoms with Gasteiger partial charge in [-0.15, -0.1) is 10.2 Å². The highest BCUT2D eigenvalue weighted by molar-refractivity contribution is 6.30. The van der Waals surface area contributed by atoms with Crippen molar-refractivity contribution in [3.63, 3.8) is 0 Å². The minimum Gasteiger partial charge on any atom is -0.324 e. The zero-order valence-electron chi connectivity index (χ0n) is 11.8. The van der Waals surface area contributed by atoms with E-state index in [2.05, 4.69) is 31.1 Å². The number of hydrogen-bond acceptors (Lipinski definition) is 7. The van der Waals surface area contributed by atoms with Gasteiger partial charge >= 0.3 is 6.18 Å². The van der Waals surface area contributed by atoms with Crippen LogP contribution in [0.25, 0.3) is 5.69 Å². The minimum absolute atomic E-state index is 0.0491. The average Bonchev–Trinajstić information content (AvgIpc) is 3.16. The van der Waals surface area contributed by atoms with Crippen LogP contribution in [-0.4, -0.2) is 40.4 Å². The molecular formula is C11H9ClF3N9. The molecule has 0 unspecified atom stereocenters. The van der Waals surface area contributed by atoms with E-state index in [0.29, 0.717) is 5.82 Å². The Hall–Kier alpha value is -2.60. The Kier molecular flexibility index (Phi) is 4.15. The van der Waals surface area contributed by atoms with E-state index >= 15 is 0 Å². The van der Waals surface area contributed by atoms with Crippen molar-refractivity contribution in [2.24, 2.45) is 5.73 Å². The number of nitrogens with two attached hydrogens (primary N) is 1. The fraction of sp³-hybridized carbons (Fsp3) is 0.273. The Bertz CT molecular complexity index is 857. The highest BCUT2D eigenvalue weighted by atomic mass is 35.5. The highest BCUT2D eigenvalue weighted by Crippen LogP contribution is 2.35. The Morgan fingerprint density at radius 3 is 2.50 bits per heavy atom. The second-order valence-corrected chi connectivity index (χ2v) is 5.06. The molecule has 9 nitrogen and oxygen atoms in total. The number of rotatable bonds is 4. The SMILES string of the molecule is NCc1nnnn1Cc1nnnn1-c1ccc(Cl)cc1C(F)(F)F. The van der Waals surface area contributed by atoms with Gasteiger partial charge in [-0.1, -0.05) is 11.6 Å². The van der Waals surface area contributed by atoms with Crippen molar-refractivity contribution in [2.75, 3.05) is 0 Å². The fourth-order valence-electron chi connectivity index (χ4n) is 2.04. The van der Waals surface area contributed by atoms with Gasteiger partial charge in [0.05, 0.1) is 17.8 Å². The number of halogens is 4. The molecule has 0 fully saturated rings. The normalized spacial score (nSPS) is 11.9. The summed E-state index contributed by atoms with van der Waals surface area (Å²) in [6, 6.07) is 3.32. The van der Waals surface area contributed by atoms with Gasteiger partial charge in [-0.05, 0) is 39.1 Å². The molecule has 3 aromatic rings. The lowest BCUT2D eigenvalue weighted by Crippen LogP contribution is -2.17. The summed E-state index contributed by atoms with van der Waals surface area (Å²) in [7, 11) is 0. The summed E-state index contributed by atoms with van der Waals surface area (Å²) < 4.78 is 42.0. The van der Waals surface area contributed by atoms with Crippen LogP contribution in [0.4, 0.5) is 13.2 Å². The van der Waals surface area contributed by atoms with E-state index < -0.39 is 11.7 Å². The third-order valence-electron chi connectivity index (χ3n) is 3.11. The largest absolute Gasteiger partial charge is 0.418 e. The maximum absolute atomic E-state index is 13.3. The first-order valence-corrected chi connectivity index (χ1v) is 6.87. The third kappa shape index (κ3) is 3.05. The smallest absolute Gasteiger partial charge is 0.324 e. The van der Waals surface area contributed by atoms with Crippen LogP contribution in [0.15, 0.2) is 18.2 Å². The van der Waals surface area contributed by atoms with Crippen molar-refractivity contribution in [2.45, 2.75) is 19.3 Å². The van der Waals surface area contributed by atoms with Crippen LogP contribution >= 0.6 is 11.6 Å². The predicted octanol–water partition coefficient (Wildman–Crippen LogP) is 0.828. The van der Waals surface area contributed by atoms with Crippen molar-refractivity contribution in [1.82, 2.24) is 40.4 Å². The summed E-state index contributed by atoms with van der Waals surface area (Å²) in [6.45, 7) is 0.00969. The molecular weight excluding hydrogens is 351 g/mol. The van der Waals surface area contributed by atoms with E-state index in [4.69, 9.17) is 17.3 Å². The molecule has 0 saturated carbocycles. The maximum Gasteiger partial charge on any atom is 0.418 e. The van der Waals surface area contributed by atoms with Gasteiger partial charge in [0.25, 0.3) is 0 Å². The van der Waals surface area contributed by atoms with Crippen LogP contribution in [-0.2, 0) is 19.3 Å². The fourth-order valence-corrected chi connectivity index (χ4v) is 2.21. The van der Waals surface area contributed by atoms with Gasteiger partial charge in [-0.2, -0.15) is 17.9 Å². The molecule has 1 aromatic carbocycles. The van der Waals surface area contributed by atoms with Gasteiger partial charge < -0.3 is 5.73 Å². The van der Waals surface area contributed by atoms with E-state index in [-0.39, 0.29) is 29.6 Å². The molecule has 0 bridgehead atoms. The molecule has 24 heavy (non-hydrogen) atoms. The van der Waals surface area contributed by atoms with E-state index in [9.17, 15) is 13.2 Å². The van der Waals surface area contributed by atoms with Crippen molar-refractivity contribution in [3.8, 4) is 5.69 Å². The standard InChI is InChI=1S/C11H9ClF3N9/c12-6-1-2-8(7(3-6)11(13,14)15)24-10(18-20-22-24)5-23-9(4-16)17-19-21-23/h1-3H,4-5,16H2. The Balaban J connectivity index is 2.05. The zero-order chi connectivity index (χ0) is 17.3. The summed E-state index contributed by atoms with van der Waals surface area (Å²) >= 11 is 5.67. The molecule has 3 rings (SSSR count). The number of hydrogen-bond donors (Lipinski definition) is 1. The molecule has 0 amide bonds. The Morgan fingerprint density at radius 2 is 1.79 bits per heavy atom. The summed E-state index contributed by atoms with van der Waals surface area (Å²) in [4.78, 5) is 0. The van der Waals surface area contributed by atoms with Gasteiger partial charge in [0.15, 0.2) is 11.6 Å². The van der Waals surface area contributed by atoms with Crippen LogP contribution in [0.5, 0.6) is 0 Å². The van der Waals surface area contributed by atoms with E-state index in [1.807, 2.05) is 0 Å². The molecule has 2 aromatic heterocycles. The monoisotopic (exact) mass is 359 g/mol. The van der Waals surface area contributed by atoms with E-state index in [1.165, 1.54) is 16.8 Å². The maximum atomic E-state index is 13.3. The van der Waals surface area contributed by atoms with Crippen LogP contribution in [0.2, 0.25) is 5.02 Å². The summed E-state index contributed by atoms with van der Waals surface area (Å²) in [5.41, 5.74) is 4.27. The van der Waals surface area contributed by atoms with Gasteiger partial charge in [0.2, 0.25) is 0 Å². The molecule has 0 spiro atoms. The molecule has 0 aliphatic carbocycles. The molecule has 2 heterocycles. The number of alkyl halides is 3. The van der Waals surface area contributed by atoms with Gasteiger partial charge in [0.1, 0.15) is 6.54 Å². The number of nitrogens with zero attached hydrogens (tertiary/aromatic N) is 8. The highest BCUT2D eigenvalue weighted by Gasteiger charge is 2.35. The molecule has 0 saturated heterocycles. The third-order valence-corrected chi connectivity index (χ3v) is 3.34. The lowest BCUT2D eigenvalue weighted by Gasteiger charge is -2.13. The van der Waals surface area contributed by atoms with Gasteiger partial charge in [0, 0.05) is 5.02 Å². The molecule has 0 radical (unpaired) electrons. The second-order valence-electron chi connectivity index (χ2n) is 4.62. The zero-order valence-corrected chi connectivity index (χ0v) is 12.6. The van der Waals surface area contributed by atoms with Crippen molar-refractivity contribution in [1.29, 1.82) is 0 Å². The summed E-state index contributed by atoms with van der Waals surface area (Å²) in [5, 5.41) is 21.6. The molecule has 0 aliphatic rings. The van der Waals surface area contributed by atoms with Crippen molar-refractivity contribution >= 4 is 11.6 Å². The van der Waals surface area contributed by atoms with Crippen molar-refractivity contribution < 1.29 is 13.2 Å². The second kappa shape index (κ2) is 6.13.